The minimum atomic E-state index is 0.287. The van der Waals surface area contributed by atoms with Crippen LogP contribution in [0.3, 0.4) is 0 Å². The first-order chi connectivity index (χ1) is 12.3. The average molecular weight is 354 g/mol. The molecule has 0 unspecified atom stereocenters. The van der Waals surface area contributed by atoms with Gasteiger partial charge in [0.2, 0.25) is 11.7 Å². The second kappa shape index (κ2) is 6.78. The molecule has 0 amide bonds. The fraction of sp³-hybridized carbons (Fsp3) is 0.125. The molecule has 3 aromatic heterocycles. The first-order valence-corrected chi connectivity index (χ1v) is 7.89. The number of tetrazole rings is 1. The van der Waals surface area contributed by atoms with Gasteiger partial charge in [-0.1, -0.05) is 22.8 Å². The molecular formula is C16H12ClN7O. The normalized spacial score (nSPS) is 10.9. The Balaban J connectivity index is 1.52. The van der Waals surface area contributed by atoms with Crippen molar-refractivity contribution in [1.29, 1.82) is 0 Å². The van der Waals surface area contributed by atoms with Gasteiger partial charge >= 0.3 is 0 Å². The van der Waals surface area contributed by atoms with Crippen LogP contribution in [0.5, 0.6) is 0 Å². The summed E-state index contributed by atoms with van der Waals surface area (Å²) in [6, 6.07) is 12.9. The van der Waals surface area contributed by atoms with Crippen LogP contribution in [0.1, 0.15) is 17.4 Å². The number of benzene rings is 1. The van der Waals surface area contributed by atoms with E-state index in [1.165, 1.54) is 0 Å². The Kier molecular flexibility index (Phi) is 4.17. The third-order valence-electron chi connectivity index (χ3n) is 3.53. The quantitative estimate of drug-likeness (QED) is 0.543. The highest BCUT2D eigenvalue weighted by atomic mass is 35.5. The van der Waals surface area contributed by atoms with E-state index >= 15 is 0 Å². The molecule has 0 aliphatic carbocycles. The van der Waals surface area contributed by atoms with Crippen molar-refractivity contribution >= 4 is 11.6 Å². The van der Waals surface area contributed by atoms with E-state index in [2.05, 4.69) is 30.7 Å². The number of pyridine rings is 1. The zero-order valence-electron chi connectivity index (χ0n) is 12.9. The Labute approximate surface area is 147 Å². The standard InChI is InChI=1S/C16H12ClN7O/c17-12-6-4-11(5-7-12)16-19-15(25-21-16)10-24-14(20-22-23-24)9-13-3-1-2-8-18-13/h1-8H,9-10H2. The van der Waals surface area contributed by atoms with Crippen LogP contribution in [-0.4, -0.2) is 35.3 Å². The molecule has 0 aliphatic heterocycles. The third kappa shape index (κ3) is 3.53. The summed E-state index contributed by atoms with van der Waals surface area (Å²) in [5.41, 5.74) is 1.70. The molecule has 0 saturated carbocycles. The molecule has 4 aromatic rings. The van der Waals surface area contributed by atoms with Crippen LogP contribution >= 0.6 is 11.6 Å². The number of nitrogens with zero attached hydrogens (tertiary/aromatic N) is 7. The van der Waals surface area contributed by atoms with Gasteiger partial charge < -0.3 is 4.52 Å². The zero-order chi connectivity index (χ0) is 17.1. The van der Waals surface area contributed by atoms with Crippen LogP contribution in [0.15, 0.2) is 53.2 Å². The van der Waals surface area contributed by atoms with E-state index < -0.39 is 0 Å². The predicted molar refractivity (Wildman–Crippen MR) is 88.7 cm³/mol. The van der Waals surface area contributed by atoms with Crippen molar-refractivity contribution in [3.8, 4) is 11.4 Å². The van der Waals surface area contributed by atoms with Crippen molar-refractivity contribution in [2.24, 2.45) is 0 Å². The minimum Gasteiger partial charge on any atom is -0.337 e. The molecule has 0 atom stereocenters. The van der Waals surface area contributed by atoms with Gasteiger partial charge in [-0.3, -0.25) is 4.98 Å². The number of hydrogen-bond acceptors (Lipinski definition) is 7. The highest BCUT2D eigenvalue weighted by molar-refractivity contribution is 6.30. The van der Waals surface area contributed by atoms with Gasteiger partial charge in [-0.25, -0.2) is 4.68 Å². The smallest absolute Gasteiger partial charge is 0.248 e. The van der Waals surface area contributed by atoms with E-state index in [0.29, 0.717) is 29.0 Å². The van der Waals surface area contributed by atoms with E-state index in [4.69, 9.17) is 16.1 Å². The summed E-state index contributed by atoms with van der Waals surface area (Å²) >= 11 is 5.89. The van der Waals surface area contributed by atoms with Gasteiger partial charge in [0, 0.05) is 22.5 Å². The third-order valence-corrected chi connectivity index (χ3v) is 3.78. The maximum absolute atomic E-state index is 5.89. The number of aromatic nitrogens is 7. The minimum absolute atomic E-state index is 0.287. The monoisotopic (exact) mass is 353 g/mol. The van der Waals surface area contributed by atoms with Gasteiger partial charge in [-0.2, -0.15) is 4.98 Å². The van der Waals surface area contributed by atoms with Gasteiger partial charge in [0.05, 0.1) is 6.42 Å². The summed E-state index contributed by atoms with van der Waals surface area (Å²) in [4.78, 5) is 8.66. The molecule has 0 bridgehead atoms. The van der Waals surface area contributed by atoms with Crippen LogP contribution in [0.25, 0.3) is 11.4 Å². The molecule has 25 heavy (non-hydrogen) atoms. The van der Waals surface area contributed by atoms with Crippen molar-refractivity contribution in [2.75, 3.05) is 0 Å². The first kappa shape index (κ1) is 15.4. The molecule has 9 heteroatoms. The van der Waals surface area contributed by atoms with Gasteiger partial charge in [0.15, 0.2) is 5.82 Å². The summed E-state index contributed by atoms with van der Waals surface area (Å²) in [6.07, 6.45) is 2.26. The van der Waals surface area contributed by atoms with E-state index in [1.807, 2.05) is 30.3 Å². The zero-order valence-corrected chi connectivity index (χ0v) is 13.7. The summed E-state index contributed by atoms with van der Waals surface area (Å²) in [5, 5.41) is 16.4. The van der Waals surface area contributed by atoms with Crippen molar-refractivity contribution in [3.05, 3.63) is 71.1 Å². The van der Waals surface area contributed by atoms with Crippen LogP contribution in [-0.2, 0) is 13.0 Å². The summed E-state index contributed by atoms with van der Waals surface area (Å²) in [5.74, 6) is 1.58. The van der Waals surface area contributed by atoms with Crippen molar-refractivity contribution in [1.82, 2.24) is 35.3 Å². The van der Waals surface area contributed by atoms with Gasteiger partial charge in [-0.05, 0) is 46.8 Å². The first-order valence-electron chi connectivity index (χ1n) is 7.51. The predicted octanol–water partition coefficient (Wildman–Crippen LogP) is 2.41. The summed E-state index contributed by atoms with van der Waals surface area (Å²) in [7, 11) is 0. The van der Waals surface area contributed by atoms with Gasteiger partial charge in [-0.15, -0.1) is 5.10 Å². The van der Waals surface area contributed by atoms with Crippen molar-refractivity contribution < 1.29 is 4.52 Å². The largest absolute Gasteiger partial charge is 0.337 e. The van der Waals surface area contributed by atoms with Crippen LogP contribution in [0.4, 0.5) is 0 Å². The molecule has 0 aliphatic rings. The lowest BCUT2D eigenvalue weighted by molar-refractivity contribution is 0.363. The molecule has 0 radical (unpaired) electrons. The summed E-state index contributed by atoms with van der Waals surface area (Å²) < 4.78 is 6.92. The Morgan fingerprint density at radius 2 is 1.96 bits per heavy atom. The van der Waals surface area contributed by atoms with E-state index in [0.717, 1.165) is 11.3 Å². The maximum atomic E-state index is 5.89. The van der Waals surface area contributed by atoms with Crippen molar-refractivity contribution in [2.45, 2.75) is 13.0 Å². The Hall–Kier alpha value is -3.13. The fourth-order valence-electron chi connectivity index (χ4n) is 2.30. The Morgan fingerprint density at radius 3 is 2.76 bits per heavy atom. The fourth-order valence-corrected chi connectivity index (χ4v) is 2.43. The maximum Gasteiger partial charge on any atom is 0.248 e. The number of halogens is 1. The van der Waals surface area contributed by atoms with Gasteiger partial charge in [0.1, 0.15) is 6.54 Å². The van der Waals surface area contributed by atoms with Crippen molar-refractivity contribution in [3.63, 3.8) is 0 Å². The van der Waals surface area contributed by atoms with Gasteiger partial charge in [0.25, 0.3) is 0 Å². The summed E-state index contributed by atoms with van der Waals surface area (Å²) in [6.45, 7) is 0.287. The molecule has 0 spiro atoms. The number of hydrogen-bond donors (Lipinski definition) is 0. The molecule has 3 heterocycles. The highest BCUT2D eigenvalue weighted by Gasteiger charge is 2.13. The van der Waals surface area contributed by atoms with E-state index in [9.17, 15) is 0 Å². The molecule has 4 rings (SSSR count). The Bertz CT molecular complexity index is 966. The van der Waals surface area contributed by atoms with Crippen LogP contribution < -0.4 is 0 Å². The molecular weight excluding hydrogens is 342 g/mol. The second-order valence-electron chi connectivity index (χ2n) is 5.27. The molecule has 0 N–H and O–H groups in total. The number of rotatable bonds is 5. The molecule has 1 aromatic carbocycles. The van der Waals surface area contributed by atoms with E-state index in [1.54, 1.807) is 23.0 Å². The Morgan fingerprint density at radius 1 is 1.08 bits per heavy atom. The molecule has 124 valence electrons. The SMILES string of the molecule is Clc1ccc(-c2noc(Cn3nnnc3Cc3ccccn3)n2)cc1. The lowest BCUT2D eigenvalue weighted by Gasteiger charge is -2.01. The topological polar surface area (TPSA) is 95.4 Å². The van der Waals surface area contributed by atoms with Crippen LogP contribution in [0.2, 0.25) is 5.02 Å². The lowest BCUT2D eigenvalue weighted by Crippen LogP contribution is -2.08. The van der Waals surface area contributed by atoms with Crippen LogP contribution in [0, 0.1) is 0 Å². The average Bonchev–Trinajstić information content (AvgIpc) is 3.27. The van der Waals surface area contributed by atoms with E-state index in [-0.39, 0.29) is 6.54 Å². The highest BCUT2D eigenvalue weighted by Crippen LogP contribution is 2.19. The molecule has 0 saturated heterocycles. The molecule has 8 nitrogen and oxygen atoms in total. The second-order valence-corrected chi connectivity index (χ2v) is 5.71. The molecule has 0 fully saturated rings. The lowest BCUT2D eigenvalue weighted by atomic mass is 10.2.